The molecule has 0 spiro atoms. The van der Waals surface area contributed by atoms with Crippen molar-refractivity contribution >= 4 is 14.7 Å². The number of carbonyl (C=O) groups excluding carboxylic acids is 1. The van der Waals surface area contributed by atoms with Gasteiger partial charge in [-0.2, -0.15) is 0 Å². The molecule has 0 bridgehead atoms. The van der Waals surface area contributed by atoms with Gasteiger partial charge in [-0.05, 0) is 19.3 Å². The van der Waals surface area contributed by atoms with Gasteiger partial charge in [-0.25, -0.2) is 4.57 Å². The summed E-state index contributed by atoms with van der Waals surface area (Å²) in [6.07, 6.45) is 2.81. The molecule has 4 nitrogen and oxygen atoms in total. The van der Waals surface area contributed by atoms with E-state index in [1.54, 1.807) is 0 Å². The van der Waals surface area contributed by atoms with Crippen molar-refractivity contribution in [3.63, 3.8) is 0 Å². The first-order valence-electron chi connectivity index (χ1n) is 4.41. The van der Waals surface area contributed by atoms with Gasteiger partial charge in [0, 0.05) is 6.42 Å². The number of hydrogen-bond acceptors (Lipinski definition) is 4. The van der Waals surface area contributed by atoms with Gasteiger partial charge in [0.2, 0.25) is 0 Å². The molecular formula is C8H15O4P. The number of ether oxygens (including phenoxy) is 1. The first-order chi connectivity index (χ1) is 6.31. The lowest BCUT2D eigenvalue weighted by Gasteiger charge is -2.02. The average molecular weight is 206 g/mol. The molecule has 0 heterocycles. The minimum atomic E-state index is -0.288. The first-order valence-corrected chi connectivity index (χ1v) is 5.14. The van der Waals surface area contributed by atoms with Crippen molar-refractivity contribution in [2.24, 2.45) is 0 Å². The summed E-state index contributed by atoms with van der Waals surface area (Å²) < 4.78 is 19.3. The van der Waals surface area contributed by atoms with E-state index in [1.165, 1.54) is 0 Å². The standard InChI is InChI=1S/C8H15O4P/c1-2-5-8(9)11-6-3-4-7-12-13-10/h2-7H2,1H3. The van der Waals surface area contributed by atoms with Crippen LogP contribution in [0.3, 0.4) is 0 Å². The van der Waals surface area contributed by atoms with Crippen LogP contribution < -0.4 is 0 Å². The van der Waals surface area contributed by atoms with Crippen LogP contribution >= 0.6 is 8.69 Å². The Morgan fingerprint density at radius 3 is 2.62 bits per heavy atom. The van der Waals surface area contributed by atoms with Crippen LogP contribution in [0.2, 0.25) is 0 Å². The van der Waals surface area contributed by atoms with E-state index in [4.69, 9.17) is 4.74 Å². The maximum Gasteiger partial charge on any atom is 0.327 e. The number of carbonyl (C=O) groups is 1. The summed E-state index contributed by atoms with van der Waals surface area (Å²) in [5, 5.41) is 0. The Bertz CT molecular complexity index is 149. The number of rotatable bonds is 8. The second-order valence-corrected chi connectivity index (χ2v) is 2.99. The summed E-state index contributed by atoms with van der Waals surface area (Å²) in [7, 11) is -0.288. The molecule has 0 unspecified atom stereocenters. The quantitative estimate of drug-likeness (QED) is 0.347. The lowest BCUT2D eigenvalue weighted by molar-refractivity contribution is -0.143. The smallest absolute Gasteiger partial charge is 0.327 e. The van der Waals surface area contributed by atoms with E-state index < -0.39 is 0 Å². The highest BCUT2D eigenvalue weighted by atomic mass is 31.1. The summed E-state index contributed by atoms with van der Waals surface area (Å²) in [6, 6.07) is 0. The monoisotopic (exact) mass is 206 g/mol. The van der Waals surface area contributed by atoms with Crippen LogP contribution in [0, 0.1) is 0 Å². The van der Waals surface area contributed by atoms with E-state index in [0.29, 0.717) is 19.6 Å². The Labute approximate surface area is 79.9 Å². The van der Waals surface area contributed by atoms with Crippen molar-refractivity contribution in [1.82, 2.24) is 0 Å². The Morgan fingerprint density at radius 1 is 1.31 bits per heavy atom. The highest BCUT2D eigenvalue weighted by Gasteiger charge is 1.99. The maximum absolute atomic E-state index is 10.8. The maximum atomic E-state index is 10.8. The fourth-order valence-electron chi connectivity index (χ4n) is 0.768. The molecular weight excluding hydrogens is 191 g/mol. The van der Waals surface area contributed by atoms with E-state index in [9.17, 15) is 9.36 Å². The molecule has 0 fully saturated rings. The molecule has 0 aliphatic rings. The molecule has 0 atom stereocenters. The second-order valence-electron chi connectivity index (χ2n) is 2.59. The fraction of sp³-hybridized carbons (Fsp3) is 0.875. The molecule has 0 N–H and O–H groups in total. The Balaban J connectivity index is 3.06. The van der Waals surface area contributed by atoms with Crippen LogP contribution in [0.1, 0.15) is 32.6 Å². The van der Waals surface area contributed by atoms with Crippen molar-refractivity contribution in [3.8, 4) is 0 Å². The zero-order valence-corrected chi connectivity index (χ0v) is 8.72. The van der Waals surface area contributed by atoms with Gasteiger partial charge in [0.05, 0.1) is 13.2 Å². The lowest BCUT2D eigenvalue weighted by Crippen LogP contribution is -2.05. The van der Waals surface area contributed by atoms with Gasteiger partial charge >= 0.3 is 14.7 Å². The van der Waals surface area contributed by atoms with E-state index in [1.807, 2.05) is 6.92 Å². The van der Waals surface area contributed by atoms with Gasteiger partial charge in [-0.1, -0.05) is 6.92 Å². The average Bonchev–Trinajstić information content (AvgIpc) is 2.11. The first kappa shape index (κ1) is 12.5. The Morgan fingerprint density at radius 2 is 2.00 bits per heavy atom. The summed E-state index contributed by atoms with van der Waals surface area (Å²) >= 11 is 0. The van der Waals surface area contributed by atoms with Crippen molar-refractivity contribution < 1.29 is 18.6 Å². The predicted octanol–water partition coefficient (Wildman–Crippen LogP) is 2.33. The van der Waals surface area contributed by atoms with Gasteiger partial charge in [0.15, 0.2) is 0 Å². The third kappa shape index (κ3) is 9.44. The number of hydrogen-bond donors (Lipinski definition) is 0. The SMILES string of the molecule is CCCC(=O)OCCCCOP=O. The summed E-state index contributed by atoms with van der Waals surface area (Å²) in [5.74, 6) is -0.148. The zero-order valence-electron chi connectivity index (χ0n) is 7.82. The molecule has 0 radical (unpaired) electrons. The summed E-state index contributed by atoms with van der Waals surface area (Å²) in [6.45, 7) is 2.80. The van der Waals surface area contributed by atoms with Gasteiger partial charge in [-0.3, -0.25) is 9.32 Å². The van der Waals surface area contributed by atoms with E-state index in [0.717, 1.165) is 19.3 Å². The second kappa shape index (κ2) is 9.62. The van der Waals surface area contributed by atoms with Crippen LogP contribution in [0.15, 0.2) is 0 Å². The molecule has 13 heavy (non-hydrogen) atoms. The highest BCUT2D eigenvalue weighted by Crippen LogP contribution is 1.99. The molecule has 0 rings (SSSR count). The molecule has 0 aliphatic carbocycles. The van der Waals surface area contributed by atoms with Gasteiger partial charge in [-0.15, -0.1) is 0 Å². The van der Waals surface area contributed by atoms with Crippen molar-refractivity contribution in [3.05, 3.63) is 0 Å². The summed E-state index contributed by atoms with van der Waals surface area (Å²) in [4.78, 5) is 10.8. The van der Waals surface area contributed by atoms with Crippen molar-refractivity contribution in [2.45, 2.75) is 32.6 Å². The van der Waals surface area contributed by atoms with Crippen LogP contribution in [0.25, 0.3) is 0 Å². The van der Waals surface area contributed by atoms with E-state index in [-0.39, 0.29) is 14.7 Å². The van der Waals surface area contributed by atoms with Crippen molar-refractivity contribution in [1.29, 1.82) is 0 Å². The highest BCUT2D eigenvalue weighted by molar-refractivity contribution is 7.17. The van der Waals surface area contributed by atoms with Crippen LogP contribution in [0.4, 0.5) is 0 Å². The third-order valence-electron chi connectivity index (χ3n) is 1.40. The van der Waals surface area contributed by atoms with E-state index >= 15 is 0 Å². The van der Waals surface area contributed by atoms with Crippen LogP contribution in [-0.2, 0) is 18.6 Å². The van der Waals surface area contributed by atoms with Crippen LogP contribution in [0.5, 0.6) is 0 Å². The van der Waals surface area contributed by atoms with Gasteiger partial charge in [0.25, 0.3) is 0 Å². The van der Waals surface area contributed by atoms with Gasteiger partial charge in [0.1, 0.15) is 0 Å². The lowest BCUT2D eigenvalue weighted by atomic mass is 10.3. The predicted molar refractivity (Wildman–Crippen MR) is 48.7 cm³/mol. The molecule has 0 saturated carbocycles. The Hall–Kier alpha value is -0.470. The van der Waals surface area contributed by atoms with Crippen molar-refractivity contribution in [2.75, 3.05) is 13.2 Å². The normalized spacial score (nSPS) is 10.2. The zero-order chi connectivity index (χ0) is 9.94. The Kier molecular flexibility index (Phi) is 9.27. The minimum absolute atomic E-state index is 0.148. The topological polar surface area (TPSA) is 52.6 Å². The molecule has 0 aromatic carbocycles. The number of esters is 1. The minimum Gasteiger partial charge on any atom is -0.466 e. The largest absolute Gasteiger partial charge is 0.466 e. The molecule has 5 heteroatoms. The van der Waals surface area contributed by atoms with E-state index in [2.05, 4.69) is 4.52 Å². The molecule has 76 valence electrons. The summed E-state index contributed by atoms with van der Waals surface area (Å²) in [5.41, 5.74) is 0. The molecule has 0 amide bonds. The van der Waals surface area contributed by atoms with Crippen LogP contribution in [-0.4, -0.2) is 19.2 Å². The molecule has 0 aromatic rings. The molecule has 0 aliphatic heterocycles. The molecule has 0 saturated heterocycles. The number of unbranched alkanes of at least 4 members (excludes halogenated alkanes) is 1. The van der Waals surface area contributed by atoms with Gasteiger partial charge < -0.3 is 4.74 Å². The molecule has 0 aromatic heterocycles. The fourth-order valence-corrected chi connectivity index (χ4v) is 0.972. The third-order valence-corrected chi connectivity index (χ3v) is 1.69.